The SMILES string of the molecule is Cc1cccc(OCC2CS(=O)(=O)CCN2)c1C. The molecule has 0 amide bonds. The third-order valence-electron chi connectivity index (χ3n) is 3.30. The third-order valence-corrected chi connectivity index (χ3v) is 5.03. The van der Waals surface area contributed by atoms with E-state index in [9.17, 15) is 8.42 Å². The van der Waals surface area contributed by atoms with Crippen LogP contribution in [-0.4, -0.2) is 39.1 Å². The second kappa shape index (κ2) is 5.28. The number of hydrogen-bond donors (Lipinski definition) is 1. The maximum atomic E-state index is 11.5. The first-order chi connectivity index (χ1) is 8.48. The van der Waals surface area contributed by atoms with Crippen LogP contribution in [0.4, 0.5) is 0 Å². The van der Waals surface area contributed by atoms with Gasteiger partial charge in [-0.3, -0.25) is 0 Å². The van der Waals surface area contributed by atoms with Crippen molar-refractivity contribution in [2.24, 2.45) is 0 Å². The number of benzene rings is 1. The molecule has 1 saturated heterocycles. The van der Waals surface area contributed by atoms with E-state index in [-0.39, 0.29) is 17.5 Å². The summed E-state index contributed by atoms with van der Waals surface area (Å²) in [6.45, 7) is 4.95. The van der Waals surface area contributed by atoms with Crippen molar-refractivity contribution in [2.75, 3.05) is 24.7 Å². The number of nitrogens with one attached hydrogen (secondary N) is 1. The monoisotopic (exact) mass is 269 g/mol. The summed E-state index contributed by atoms with van der Waals surface area (Å²) in [5.74, 6) is 1.23. The Morgan fingerprint density at radius 1 is 1.39 bits per heavy atom. The smallest absolute Gasteiger partial charge is 0.153 e. The minimum Gasteiger partial charge on any atom is -0.492 e. The van der Waals surface area contributed by atoms with E-state index in [1.807, 2.05) is 32.0 Å². The number of sulfone groups is 1. The molecule has 5 heteroatoms. The van der Waals surface area contributed by atoms with E-state index in [2.05, 4.69) is 5.32 Å². The number of ether oxygens (including phenoxy) is 1. The minimum absolute atomic E-state index is 0.108. The fourth-order valence-electron chi connectivity index (χ4n) is 2.05. The minimum atomic E-state index is -2.90. The Balaban J connectivity index is 1.97. The van der Waals surface area contributed by atoms with Gasteiger partial charge in [-0.05, 0) is 31.0 Å². The fourth-order valence-corrected chi connectivity index (χ4v) is 3.47. The summed E-state index contributed by atoms with van der Waals surface area (Å²) in [7, 11) is -2.90. The highest BCUT2D eigenvalue weighted by Gasteiger charge is 2.24. The highest BCUT2D eigenvalue weighted by molar-refractivity contribution is 7.91. The summed E-state index contributed by atoms with van der Waals surface area (Å²) < 4.78 is 28.7. The maximum absolute atomic E-state index is 11.5. The van der Waals surface area contributed by atoms with Crippen molar-refractivity contribution in [1.29, 1.82) is 0 Å². The molecule has 0 aromatic heterocycles. The molecular weight excluding hydrogens is 250 g/mol. The van der Waals surface area contributed by atoms with Gasteiger partial charge in [-0.2, -0.15) is 0 Å². The summed E-state index contributed by atoms with van der Waals surface area (Å²) >= 11 is 0. The van der Waals surface area contributed by atoms with Gasteiger partial charge in [-0.1, -0.05) is 12.1 Å². The van der Waals surface area contributed by atoms with Crippen molar-refractivity contribution in [3.8, 4) is 5.75 Å². The van der Waals surface area contributed by atoms with Crippen LogP contribution in [0.3, 0.4) is 0 Å². The van der Waals surface area contributed by atoms with Crippen molar-refractivity contribution < 1.29 is 13.2 Å². The van der Waals surface area contributed by atoms with Crippen molar-refractivity contribution in [3.63, 3.8) is 0 Å². The lowest BCUT2D eigenvalue weighted by atomic mass is 10.1. The zero-order valence-corrected chi connectivity index (χ0v) is 11.6. The Bertz CT molecular complexity index is 525. The molecule has 1 unspecified atom stereocenters. The molecule has 1 heterocycles. The van der Waals surface area contributed by atoms with Crippen LogP contribution < -0.4 is 10.1 Å². The molecule has 0 radical (unpaired) electrons. The van der Waals surface area contributed by atoms with Gasteiger partial charge in [-0.25, -0.2) is 8.42 Å². The molecule has 0 bridgehead atoms. The molecule has 1 fully saturated rings. The Morgan fingerprint density at radius 3 is 2.89 bits per heavy atom. The molecule has 2 rings (SSSR count). The summed E-state index contributed by atoms with van der Waals surface area (Å²) in [5.41, 5.74) is 2.29. The molecule has 1 aliphatic rings. The molecule has 0 aliphatic carbocycles. The summed E-state index contributed by atoms with van der Waals surface area (Å²) in [6, 6.07) is 5.79. The average Bonchev–Trinajstić information content (AvgIpc) is 2.30. The van der Waals surface area contributed by atoms with Crippen LogP contribution in [0.2, 0.25) is 0 Å². The maximum Gasteiger partial charge on any atom is 0.153 e. The van der Waals surface area contributed by atoms with Crippen LogP contribution in [-0.2, 0) is 9.84 Å². The summed E-state index contributed by atoms with van der Waals surface area (Å²) in [6.07, 6.45) is 0. The molecule has 1 aliphatic heterocycles. The van der Waals surface area contributed by atoms with Crippen molar-refractivity contribution in [1.82, 2.24) is 5.32 Å². The second-order valence-electron chi connectivity index (χ2n) is 4.77. The van der Waals surface area contributed by atoms with Gasteiger partial charge in [0.25, 0.3) is 0 Å². The van der Waals surface area contributed by atoms with E-state index in [4.69, 9.17) is 4.74 Å². The van der Waals surface area contributed by atoms with Gasteiger partial charge in [0, 0.05) is 6.54 Å². The van der Waals surface area contributed by atoms with Gasteiger partial charge < -0.3 is 10.1 Å². The van der Waals surface area contributed by atoms with E-state index in [0.29, 0.717) is 13.2 Å². The molecule has 1 aromatic carbocycles. The predicted octanol–water partition coefficient (Wildman–Crippen LogP) is 1.07. The predicted molar refractivity (Wildman–Crippen MR) is 71.9 cm³/mol. The average molecular weight is 269 g/mol. The summed E-state index contributed by atoms with van der Waals surface area (Å²) in [4.78, 5) is 0. The first-order valence-corrected chi connectivity index (χ1v) is 7.93. The van der Waals surface area contributed by atoms with E-state index in [0.717, 1.165) is 11.3 Å². The lowest BCUT2D eigenvalue weighted by molar-refractivity contribution is 0.271. The van der Waals surface area contributed by atoms with Gasteiger partial charge in [-0.15, -0.1) is 0 Å². The zero-order valence-electron chi connectivity index (χ0n) is 10.8. The zero-order chi connectivity index (χ0) is 13.2. The van der Waals surface area contributed by atoms with Crippen molar-refractivity contribution in [3.05, 3.63) is 29.3 Å². The lowest BCUT2D eigenvalue weighted by Crippen LogP contribution is -2.48. The standard InChI is InChI=1S/C13H19NO3S/c1-10-4-3-5-13(11(10)2)17-8-12-9-18(15,16)7-6-14-12/h3-5,12,14H,6-9H2,1-2H3. The topological polar surface area (TPSA) is 55.4 Å². The molecule has 100 valence electrons. The first-order valence-electron chi connectivity index (χ1n) is 6.11. The van der Waals surface area contributed by atoms with E-state index < -0.39 is 9.84 Å². The Kier molecular flexibility index (Phi) is 3.92. The van der Waals surface area contributed by atoms with Crippen LogP contribution >= 0.6 is 0 Å². The van der Waals surface area contributed by atoms with Crippen LogP contribution in [0.1, 0.15) is 11.1 Å². The van der Waals surface area contributed by atoms with E-state index >= 15 is 0 Å². The van der Waals surface area contributed by atoms with Gasteiger partial charge in [0.2, 0.25) is 0 Å². The third kappa shape index (κ3) is 3.23. The normalized spacial score (nSPS) is 22.7. The Hall–Kier alpha value is -1.07. The Morgan fingerprint density at radius 2 is 2.17 bits per heavy atom. The first kappa shape index (κ1) is 13.4. The highest BCUT2D eigenvalue weighted by atomic mass is 32.2. The molecule has 1 aromatic rings. The van der Waals surface area contributed by atoms with Crippen LogP contribution in [0.15, 0.2) is 18.2 Å². The van der Waals surface area contributed by atoms with Gasteiger partial charge in [0.05, 0.1) is 17.5 Å². The number of aryl methyl sites for hydroxylation is 1. The van der Waals surface area contributed by atoms with Gasteiger partial charge in [0.1, 0.15) is 12.4 Å². The Labute approximate surface area is 108 Å². The molecule has 4 nitrogen and oxygen atoms in total. The second-order valence-corrected chi connectivity index (χ2v) is 7.00. The quantitative estimate of drug-likeness (QED) is 0.892. The van der Waals surface area contributed by atoms with Crippen LogP contribution in [0.5, 0.6) is 5.75 Å². The molecule has 0 saturated carbocycles. The molecule has 0 spiro atoms. The highest BCUT2D eigenvalue weighted by Crippen LogP contribution is 2.20. The fraction of sp³-hybridized carbons (Fsp3) is 0.538. The van der Waals surface area contributed by atoms with Gasteiger partial charge in [0.15, 0.2) is 9.84 Å². The van der Waals surface area contributed by atoms with Crippen molar-refractivity contribution >= 4 is 9.84 Å². The number of rotatable bonds is 3. The van der Waals surface area contributed by atoms with Gasteiger partial charge >= 0.3 is 0 Å². The summed E-state index contributed by atoms with van der Waals surface area (Å²) in [5, 5.41) is 3.17. The number of hydrogen-bond acceptors (Lipinski definition) is 4. The lowest BCUT2D eigenvalue weighted by Gasteiger charge is -2.24. The molecular formula is C13H19NO3S. The largest absolute Gasteiger partial charge is 0.492 e. The van der Waals surface area contributed by atoms with Crippen molar-refractivity contribution in [2.45, 2.75) is 19.9 Å². The van der Waals surface area contributed by atoms with E-state index in [1.54, 1.807) is 0 Å². The molecule has 18 heavy (non-hydrogen) atoms. The van der Waals surface area contributed by atoms with Crippen LogP contribution in [0, 0.1) is 13.8 Å². The molecule has 1 N–H and O–H groups in total. The van der Waals surface area contributed by atoms with E-state index in [1.165, 1.54) is 5.56 Å². The molecule has 1 atom stereocenters. The van der Waals surface area contributed by atoms with Crippen LogP contribution in [0.25, 0.3) is 0 Å².